The fourth-order valence-corrected chi connectivity index (χ4v) is 3.10. The fourth-order valence-electron chi connectivity index (χ4n) is 2.38. The molecule has 1 aliphatic rings. The van der Waals surface area contributed by atoms with Gasteiger partial charge < -0.3 is 15.8 Å². The van der Waals surface area contributed by atoms with Crippen LogP contribution in [0.15, 0.2) is 18.2 Å². The molecule has 1 heterocycles. The lowest BCUT2D eigenvalue weighted by Crippen LogP contribution is -2.44. The van der Waals surface area contributed by atoms with Crippen molar-refractivity contribution in [1.82, 2.24) is 4.31 Å². The molecule has 0 atom stereocenters. The minimum atomic E-state index is -3.68. The minimum absolute atomic E-state index is 0. The van der Waals surface area contributed by atoms with Gasteiger partial charge >= 0.3 is 0 Å². The number of hydrogen-bond donors (Lipinski definition) is 3. The van der Waals surface area contributed by atoms with Crippen molar-refractivity contribution in [3.05, 3.63) is 18.2 Å². The summed E-state index contributed by atoms with van der Waals surface area (Å²) in [4.78, 5) is 12.3. The normalized spacial score (nSPS) is 16.4. The van der Waals surface area contributed by atoms with Gasteiger partial charge in [-0.2, -0.15) is 12.7 Å². The molecule has 0 unspecified atom stereocenters. The Morgan fingerprint density at radius 2 is 1.96 bits per heavy atom. The van der Waals surface area contributed by atoms with E-state index in [1.54, 1.807) is 18.2 Å². The average Bonchev–Trinajstić information content (AvgIpc) is 2.48. The summed E-state index contributed by atoms with van der Waals surface area (Å²) in [5.41, 5.74) is 6.75. The van der Waals surface area contributed by atoms with E-state index in [4.69, 9.17) is 15.6 Å². The van der Waals surface area contributed by atoms with Crippen LogP contribution in [-0.2, 0) is 15.0 Å². The molecular weight excluding hydrogens is 344 g/mol. The van der Waals surface area contributed by atoms with Crippen molar-refractivity contribution >= 4 is 39.9 Å². The van der Waals surface area contributed by atoms with Gasteiger partial charge in [0.2, 0.25) is 5.91 Å². The van der Waals surface area contributed by atoms with Crippen LogP contribution >= 0.6 is 12.4 Å². The molecule has 1 fully saturated rings. The van der Waals surface area contributed by atoms with E-state index in [-0.39, 0.29) is 37.3 Å². The molecule has 0 aromatic heterocycles. The first-order valence-electron chi connectivity index (χ1n) is 6.83. The van der Waals surface area contributed by atoms with Gasteiger partial charge in [0.05, 0.1) is 18.5 Å². The quantitative estimate of drug-likeness (QED) is 0.672. The van der Waals surface area contributed by atoms with Gasteiger partial charge in [0.1, 0.15) is 5.75 Å². The standard InChI is InChI=1S/C13H20N4O4S.ClH/c1-21-10-2-3-11(14)12(8-10)16-13(18)9-4-6-17(7-5-9)22(15,19)20;/h2-3,8-9H,4-7,14H2,1H3,(H,16,18)(H2,15,19,20);1H. The Morgan fingerprint density at radius 1 is 1.35 bits per heavy atom. The van der Waals surface area contributed by atoms with Gasteiger partial charge in [0, 0.05) is 25.1 Å². The highest BCUT2D eigenvalue weighted by atomic mass is 35.5. The van der Waals surface area contributed by atoms with E-state index < -0.39 is 10.2 Å². The first-order valence-corrected chi connectivity index (χ1v) is 8.34. The number of ether oxygens (including phenoxy) is 1. The third-order valence-electron chi connectivity index (χ3n) is 3.70. The number of carbonyl (C=O) groups excluding carboxylic acids is 1. The molecule has 8 nitrogen and oxygen atoms in total. The summed E-state index contributed by atoms with van der Waals surface area (Å²) in [6.07, 6.45) is 0.846. The largest absolute Gasteiger partial charge is 0.497 e. The molecule has 0 radical (unpaired) electrons. The molecule has 23 heavy (non-hydrogen) atoms. The molecule has 1 aliphatic heterocycles. The zero-order valence-electron chi connectivity index (χ0n) is 12.7. The lowest BCUT2D eigenvalue weighted by Gasteiger charge is -2.29. The maximum atomic E-state index is 12.3. The predicted molar refractivity (Wildman–Crippen MR) is 90.7 cm³/mol. The summed E-state index contributed by atoms with van der Waals surface area (Å²) in [7, 11) is -2.16. The van der Waals surface area contributed by atoms with Gasteiger partial charge in [-0.15, -0.1) is 12.4 Å². The SMILES string of the molecule is COc1ccc(N)c(NC(=O)C2CCN(S(N)(=O)=O)CC2)c1.Cl. The number of methoxy groups -OCH3 is 1. The van der Waals surface area contributed by atoms with Crippen LogP contribution in [0.25, 0.3) is 0 Å². The third-order valence-corrected chi connectivity index (χ3v) is 4.79. The van der Waals surface area contributed by atoms with Crippen LogP contribution in [0.2, 0.25) is 0 Å². The van der Waals surface area contributed by atoms with Gasteiger partial charge in [0.15, 0.2) is 0 Å². The fraction of sp³-hybridized carbons (Fsp3) is 0.462. The average molecular weight is 365 g/mol. The highest BCUT2D eigenvalue weighted by Gasteiger charge is 2.29. The number of rotatable bonds is 4. The Labute approximate surface area is 141 Å². The van der Waals surface area contributed by atoms with Gasteiger partial charge in [-0.05, 0) is 25.0 Å². The van der Waals surface area contributed by atoms with Gasteiger partial charge in [-0.25, -0.2) is 5.14 Å². The molecule has 1 amide bonds. The Kier molecular flexibility index (Phi) is 6.63. The van der Waals surface area contributed by atoms with Crippen molar-refractivity contribution in [3.63, 3.8) is 0 Å². The second-order valence-electron chi connectivity index (χ2n) is 5.16. The van der Waals surface area contributed by atoms with E-state index in [1.165, 1.54) is 11.4 Å². The molecule has 0 bridgehead atoms. The van der Waals surface area contributed by atoms with Gasteiger partial charge in [-0.1, -0.05) is 0 Å². The maximum Gasteiger partial charge on any atom is 0.276 e. The number of carbonyl (C=O) groups is 1. The number of amides is 1. The van der Waals surface area contributed by atoms with Crippen molar-refractivity contribution in [2.24, 2.45) is 11.1 Å². The number of anilines is 2. The van der Waals surface area contributed by atoms with Crippen molar-refractivity contribution in [2.75, 3.05) is 31.2 Å². The maximum absolute atomic E-state index is 12.3. The number of piperidine rings is 1. The first kappa shape index (κ1) is 19.5. The molecule has 2 rings (SSSR count). The molecule has 0 spiro atoms. The molecule has 1 aromatic rings. The number of hydrogen-bond acceptors (Lipinski definition) is 5. The number of nitrogens with zero attached hydrogens (tertiary/aromatic N) is 1. The number of nitrogens with two attached hydrogens (primary N) is 2. The highest BCUT2D eigenvalue weighted by Crippen LogP contribution is 2.26. The third kappa shape index (κ3) is 4.96. The Morgan fingerprint density at radius 3 is 2.48 bits per heavy atom. The van der Waals surface area contributed by atoms with Crippen LogP contribution in [0.5, 0.6) is 5.75 Å². The smallest absolute Gasteiger partial charge is 0.276 e. The molecule has 0 aliphatic carbocycles. The zero-order valence-corrected chi connectivity index (χ0v) is 14.3. The number of nitrogen functional groups attached to an aromatic ring is 1. The van der Waals surface area contributed by atoms with Crippen molar-refractivity contribution in [3.8, 4) is 5.75 Å². The lowest BCUT2D eigenvalue weighted by molar-refractivity contribution is -0.120. The molecule has 0 saturated carbocycles. The topological polar surface area (TPSA) is 128 Å². The number of benzene rings is 1. The molecule has 130 valence electrons. The van der Waals surface area contributed by atoms with Crippen LogP contribution in [0.1, 0.15) is 12.8 Å². The van der Waals surface area contributed by atoms with E-state index in [9.17, 15) is 13.2 Å². The lowest BCUT2D eigenvalue weighted by atomic mass is 9.97. The van der Waals surface area contributed by atoms with E-state index in [1.807, 2.05) is 0 Å². The van der Waals surface area contributed by atoms with Crippen molar-refractivity contribution in [1.29, 1.82) is 0 Å². The summed E-state index contributed by atoms with van der Waals surface area (Å²) >= 11 is 0. The summed E-state index contributed by atoms with van der Waals surface area (Å²) in [6.45, 7) is 0.481. The van der Waals surface area contributed by atoms with Crippen LogP contribution in [-0.4, -0.2) is 38.8 Å². The van der Waals surface area contributed by atoms with E-state index in [2.05, 4.69) is 5.32 Å². The number of halogens is 1. The van der Waals surface area contributed by atoms with E-state index in [0.29, 0.717) is 30.0 Å². The van der Waals surface area contributed by atoms with Gasteiger partial charge in [0.25, 0.3) is 10.2 Å². The minimum Gasteiger partial charge on any atom is -0.497 e. The van der Waals surface area contributed by atoms with Crippen molar-refractivity contribution < 1.29 is 17.9 Å². The second-order valence-corrected chi connectivity index (χ2v) is 6.71. The monoisotopic (exact) mass is 364 g/mol. The summed E-state index contributed by atoms with van der Waals surface area (Å²) in [5.74, 6) is 0.131. The van der Waals surface area contributed by atoms with E-state index in [0.717, 1.165) is 0 Å². The van der Waals surface area contributed by atoms with Crippen LogP contribution in [0.4, 0.5) is 11.4 Å². The molecule has 5 N–H and O–H groups in total. The zero-order chi connectivity index (χ0) is 16.3. The Balaban J connectivity index is 0.00000264. The highest BCUT2D eigenvalue weighted by molar-refractivity contribution is 7.86. The summed E-state index contributed by atoms with van der Waals surface area (Å²) in [6, 6.07) is 5.00. The van der Waals surface area contributed by atoms with Crippen LogP contribution in [0.3, 0.4) is 0 Å². The van der Waals surface area contributed by atoms with Crippen LogP contribution < -0.4 is 20.9 Å². The Bertz CT molecular complexity index is 660. The number of nitrogens with one attached hydrogen (secondary N) is 1. The molecule has 1 aromatic carbocycles. The summed E-state index contributed by atoms with van der Waals surface area (Å²) in [5, 5.41) is 7.84. The molecular formula is C13H21ClN4O4S. The van der Waals surface area contributed by atoms with Gasteiger partial charge in [-0.3, -0.25) is 4.79 Å². The van der Waals surface area contributed by atoms with Crippen LogP contribution in [0, 0.1) is 5.92 Å². The van der Waals surface area contributed by atoms with E-state index >= 15 is 0 Å². The molecule has 1 saturated heterocycles. The second kappa shape index (κ2) is 7.82. The summed E-state index contributed by atoms with van der Waals surface area (Å²) < 4.78 is 28.8. The molecule has 10 heteroatoms. The Hall–Kier alpha value is -1.55. The first-order chi connectivity index (χ1) is 10.3. The predicted octanol–water partition coefficient (Wildman–Crippen LogP) is 0.553. The van der Waals surface area contributed by atoms with Crippen molar-refractivity contribution in [2.45, 2.75) is 12.8 Å².